The summed E-state index contributed by atoms with van der Waals surface area (Å²) in [6.07, 6.45) is 0.941. The van der Waals surface area contributed by atoms with E-state index in [1.54, 1.807) is 0 Å². The van der Waals surface area contributed by atoms with E-state index in [-0.39, 0.29) is 11.6 Å². The average molecular weight is 338 g/mol. The van der Waals surface area contributed by atoms with Gasteiger partial charge in [0.15, 0.2) is 5.82 Å². The van der Waals surface area contributed by atoms with E-state index in [1.807, 2.05) is 29.8 Å². The van der Waals surface area contributed by atoms with Crippen LogP contribution in [-0.2, 0) is 10.3 Å². The van der Waals surface area contributed by atoms with Crippen LogP contribution in [0.2, 0.25) is 0 Å². The molecule has 0 spiro atoms. The fraction of sp³-hybridized carbons (Fsp3) is 0.462. The van der Waals surface area contributed by atoms with Gasteiger partial charge in [-0.1, -0.05) is 15.9 Å². The van der Waals surface area contributed by atoms with E-state index in [0.29, 0.717) is 11.5 Å². The van der Waals surface area contributed by atoms with Gasteiger partial charge in [0, 0.05) is 22.3 Å². The first kappa shape index (κ1) is 13.5. The zero-order chi connectivity index (χ0) is 14.3. The summed E-state index contributed by atoms with van der Waals surface area (Å²) >= 11 is 3.53. The maximum absolute atomic E-state index is 5.87. The van der Waals surface area contributed by atoms with Crippen LogP contribution in [0.3, 0.4) is 0 Å². The molecule has 2 atom stereocenters. The van der Waals surface area contributed by atoms with Crippen molar-refractivity contribution in [3.05, 3.63) is 22.7 Å². The second-order valence-electron chi connectivity index (χ2n) is 5.27. The number of benzene rings is 1. The molecule has 1 aromatic carbocycles. The first-order chi connectivity index (χ1) is 9.52. The minimum Gasteiger partial charge on any atom is -0.399 e. The molecule has 0 saturated carbocycles. The Balaban J connectivity index is 2.13. The van der Waals surface area contributed by atoms with Gasteiger partial charge in [-0.15, -0.1) is 5.10 Å². The smallest absolute Gasteiger partial charge is 0.183 e. The number of tetrazole rings is 1. The van der Waals surface area contributed by atoms with Crippen molar-refractivity contribution in [3.63, 3.8) is 0 Å². The van der Waals surface area contributed by atoms with Gasteiger partial charge in [-0.3, -0.25) is 0 Å². The molecular formula is C13H16BrN5O. The van der Waals surface area contributed by atoms with Crippen molar-refractivity contribution >= 4 is 21.6 Å². The van der Waals surface area contributed by atoms with Crippen LogP contribution in [0.25, 0.3) is 11.4 Å². The first-order valence-corrected chi connectivity index (χ1v) is 7.27. The molecule has 2 aromatic rings. The highest BCUT2D eigenvalue weighted by atomic mass is 79.9. The molecule has 1 aliphatic heterocycles. The summed E-state index contributed by atoms with van der Waals surface area (Å²) in [7, 11) is 0. The highest BCUT2D eigenvalue weighted by molar-refractivity contribution is 9.10. The van der Waals surface area contributed by atoms with E-state index < -0.39 is 0 Å². The van der Waals surface area contributed by atoms with Gasteiger partial charge in [0.05, 0.1) is 11.6 Å². The van der Waals surface area contributed by atoms with Gasteiger partial charge < -0.3 is 10.5 Å². The van der Waals surface area contributed by atoms with Crippen LogP contribution in [0.1, 0.15) is 20.3 Å². The predicted molar refractivity (Wildman–Crippen MR) is 79.0 cm³/mol. The average Bonchev–Trinajstić information content (AvgIpc) is 3.01. The fourth-order valence-corrected chi connectivity index (χ4v) is 2.94. The van der Waals surface area contributed by atoms with E-state index in [2.05, 4.69) is 38.4 Å². The van der Waals surface area contributed by atoms with Crippen LogP contribution >= 0.6 is 15.9 Å². The van der Waals surface area contributed by atoms with Crippen LogP contribution in [-0.4, -0.2) is 32.9 Å². The Labute approximate surface area is 125 Å². The lowest BCUT2D eigenvalue weighted by atomic mass is 9.94. The number of ether oxygens (including phenoxy) is 1. The lowest BCUT2D eigenvalue weighted by molar-refractivity contribution is 0.0706. The van der Waals surface area contributed by atoms with Gasteiger partial charge >= 0.3 is 0 Å². The van der Waals surface area contributed by atoms with Crippen LogP contribution in [0.4, 0.5) is 5.69 Å². The number of halogens is 1. The highest BCUT2D eigenvalue weighted by Gasteiger charge is 2.41. The molecule has 0 bridgehead atoms. The molecule has 0 radical (unpaired) electrons. The summed E-state index contributed by atoms with van der Waals surface area (Å²) < 4.78 is 8.45. The topological polar surface area (TPSA) is 78.8 Å². The number of aromatic nitrogens is 4. The zero-order valence-electron chi connectivity index (χ0n) is 11.4. The highest BCUT2D eigenvalue weighted by Crippen LogP contribution is 2.37. The van der Waals surface area contributed by atoms with Gasteiger partial charge in [-0.25, -0.2) is 4.68 Å². The summed E-state index contributed by atoms with van der Waals surface area (Å²) in [4.78, 5) is 0. The van der Waals surface area contributed by atoms with Crippen LogP contribution < -0.4 is 5.73 Å². The quantitative estimate of drug-likeness (QED) is 0.850. The Morgan fingerprint density at radius 1 is 1.50 bits per heavy atom. The lowest BCUT2D eigenvalue weighted by Crippen LogP contribution is -2.38. The van der Waals surface area contributed by atoms with Crippen molar-refractivity contribution in [3.8, 4) is 11.4 Å². The lowest BCUT2D eigenvalue weighted by Gasteiger charge is -2.28. The number of anilines is 1. The molecule has 106 valence electrons. The molecule has 20 heavy (non-hydrogen) atoms. The molecule has 1 fully saturated rings. The zero-order valence-corrected chi connectivity index (χ0v) is 13.0. The van der Waals surface area contributed by atoms with Crippen LogP contribution in [0.5, 0.6) is 0 Å². The monoisotopic (exact) mass is 337 g/mol. The van der Waals surface area contributed by atoms with E-state index in [1.165, 1.54) is 0 Å². The van der Waals surface area contributed by atoms with Gasteiger partial charge in [-0.05, 0) is 48.9 Å². The molecule has 6 nitrogen and oxygen atoms in total. The first-order valence-electron chi connectivity index (χ1n) is 6.48. The second-order valence-corrected chi connectivity index (χ2v) is 6.13. The van der Waals surface area contributed by atoms with Crippen molar-refractivity contribution in [2.24, 2.45) is 0 Å². The standard InChI is InChI=1S/C13H16BrN5O/c1-8-13(2,5-6-20-8)19-12(16-17-18-19)10-7-9(15)3-4-11(10)14/h3-4,7-8H,5-6,15H2,1-2H3. The maximum atomic E-state index is 5.87. The van der Waals surface area contributed by atoms with Gasteiger partial charge in [0.25, 0.3) is 0 Å². The number of nitrogens with zero attached hydrogens (tertiary/aromatic N) is 4. The number of nitrogens with two attached hydrogens (primary N) is 1. The molecule has 1 aromatic heterocycles. The van der Waals surface area contributed by atoms with Gasteiger partial charge in [0.1, 0.15) is 0 Å². The Kier molecular flexibility index (Phi) is 3.25. The van der Waals surface area contributed by atoms with Crippen LogP contribution in [0, 0.1) is 0 Å². The minimum absolute atomic E-state index is 0.0598. The van der Waals surface area contributed by atoms with E-state index >= 15 is 0 Å². The Morgan fingerprint density at radius 3 is 3.00 bits per heavy atom. The third kappa shape index (κ3) is 2.01. The van der Waals surface area contributed by atoms with Crippen molar-refractivity contribution in [2.75, 3.05) is 12.3 Å². The summed E-state index contributed by atoms with van der Waals surface area (Å²) in [6.45, 7) is 4.88. The number of hydrogen-bond acceptors (Lipinski definition) is 5. The summed E-state index contributed by atoms with van der Waals surface area (Å²) in [5, 5.41) is 12.2. The molecule has 1 aliphatic rings. The van der Waals surface area contributed by atoms with Crippen LogP contribution in [0.15, 0.2) is 22.7 Å². The molecule has 7 heteroatoms. The molecule has 1 saturated heterocycles. The normalized spacial score (nSPS) is 26.1. The number of rotatable bonds is 2. The van der Waals surface area contributed by atoms with Gasteiger partial charge in [0.2, 0.25) is 0 Å². The summed E-state index contributed by atoms with van der Waals surface area (Å²) in [5.74, 6) is 0.698. The predicted octanol–water partition coefficient (Wildman–Crippen LogP) is 2.21. The van der Waals surface area contributed by atoms with Gasteiger partial charge in [-0.2, -0.15) is 0 Å². The second kappa shape index (κ2) is 4.82. The molecule has 0 aliphatic carbocycles. The van der Waals surface area contributed by atoms with E-state index in [4.69, 9.17) is 10.5 Å². The fourth-order valence-electron chi connectivity index (χ4n) is 2.52. The SMILES string of the molecule is CC1OCCC1(C)n1nnnc1-c1cc(N)ccc1Br. The Morgan fingerprint density at radius 2 is 2.30 bits per heavy atom. The summed E-state index contributed by atoms with van der Waals surface area (Å²) in [5.41, 5.74) is 7.19. The van der Waals surface area contributed by atoms with Crippen molar-refractivity contribution in [2.45, 2.75) is 31.9 Å². The third-order valence-corrected chi connectivity index (χ3v) is 4.73. The molecule has 2 heterocycles. The number of hydrogen-bond donors (Lipinski definition) is 1. The van der Waals surface area contributed by atoms with Crippen molar-refractivity contribution in [1.29, 1.82) is 0 Å². The molecular weight excluding hydrogens is 322 g/mol. The molecule has 0 amide bonds. The Bertz CT molecular complexity index is 643. The summed E-state index contributed by atoms with van der Waals surface area (Å²) in [6, 6.07) is 5.61. The van der Waals surface area contributed by atoms with E-state index in [0.717, 1.165) is 23.1 Å². The largest absolute Gasteiger partial charge is 0.399 e. The molecule has 2 unspecified atom stereocenters. The van der Waals surface area contributed by atoms with Crippen molar-refractivity contribution < 1.29 is 4.74 Å². The van der Waals surface area contributed by atoms with Crippen molar-refractivity contribution in [1.82, 2.24) is 20.2 Å². The third-order valence-electron chi connectivity index (χ3n) is 4.04. The minimum atomic E-state index is -0.247. The van der Waals surface area contributed by atoms with E-state index in [9.17, 15) is 0 Å². The molecule has 3 rings (SSSR count). The molecule has 2 N–H and O–H groups in total. The maximum Gasteiger partial charge on any atom is 0.183 e. The Hall–Kier alpha value is -1.47. The number of nitrogen functional groups attached to an aromatic ring is 1.